The lowest BCUT2D eigenvalue weighted by Crippen LogP contribution is -2.06. The largest absolute Gasteiger partial charge is 0.462 e. The first-order valence-electron chi connectivity index (χ1n) is 11.4. The molecule has 154 valence electrons. The van der Waals surface area contributed by atoms with Crippen LogP contribution in [-0.2, 0) is 4.74 Å². The summed E-state index contributed by atoms with van der Waals surface area (Å²) in [5, 5.41) is 0. The van der Waals surface area contributed by atoms with Crippen LogP contribution in [-0.4, -0.2) is 17.6 Å². The second-order valence-corrected chi connectivity index (χ2v) is 7.68. The molecule has 0 aromatic carbocycles. The number of hydrogen-bond donors (Lipinski definition) is 0. The molecule has 1 heterocycles. The molecule has 0 amide bonds. The number of carbonyl (C=O) groups excluding carboxylic acids is 1. The minimum absolute atomic E-state index is 0.238. The van der Waals surface area contributed by atoms with E-state index in [0.717, 1.165) is 12.8 Å². The number of pyridine rings is 1. The Hall–Kier alpha value is -1.38. The Morgan fingerprint density at radius 1 is 0.704 bits per heavy atom. The number of ether oxygens (including phenoxy) is 1. The minimum atomic E-state index is -0.238. The highest BCUT2D eigenvalue weighted by molar-refractivity contribution is 5.89. The van der Waals surface area contributed by atoms with Crippen molar-refractivity contribution in [2.24, 2.45) is 0 Å². The van der Waals surface area contributed by atoms with Gasteiger partial charge in [0.15, 0.2) is 0 Å². The van der Waals surface area contributed by atoms with Crippen molar-refractivity contribution >= 4 is 5.97 Å². The quantitative estimate of drug-likeness (QED) is 0.197. The van der Waals surface area contributed by atoms with Crippen molar-refractivity contribution in [3.05, 3.63) is 30.1 Å². The van der Waals surface area contributed by atoms with Crippen LogP contribution in [0.1, 0.15) is 120 Å². The predicted molar refractivity (Wildman–Crippen MR) is 114 cm³/mol. The predicted octanol–water partition coefficient (Wildman–Crippen LogP) is 7.50. The third kappa shape index (κ3) is 14.4. The lowest BCUT2D eigenvalue weighted by atomic mass is 10.0. The number of hydrogen-bond acceptors (Lipinski definition) is 3. The molecule has 0 radical (unpaired) electrons. The molecule has 0 unspecified atom stereocenters. The second-order valence-electron chi connectivity index (χ2n) is 7.68. The Morgan fingerprint density at radius 3 is 1.56 bits per heavy atom. The van der Waals surface area contributed by atoms with E-state index in [1.807, 2.05) is 0 Å². The SMILES string of the molecule is CCCCCCCCCCCCCCCCCCOC(=O)c1ccncc1. The molecule has 3 nitrogen and oxygen atoms in total. The van der Waals surface area contributed by atoms with Gasteiger partial charge in [-0.3, -0.25) is 4.98 Å². The summed E-state index contributed by atoms with van der Waals surface area (Å²) in [7, 11) is 0. The minimum Gasteiger partial charge on any atom is -0.462 e. The standard InChI is InChI=1S/C24H41NO2/c1-2-3-4-5-6-7-8-9-10-11-12-13-14-15-16-17-22-27-24(26)23-18-20-25-21-19-23/h18-21H,2-17,22H2,1H3. The van der Waals surface area contributed by atoms with Crippen LogP contribution in [0.3, 0.4) is 0 Å². The summed E-state index contributed by atoms with van der Waals surface area (Å²) < 4.78 is 5.28. The molecule has 1 aromatic heterocycles. The number of esters is 1. The lowest BCUT2D eigenvalue weighted by molar-refractivity contribution is 0.0497. The molecular formula is C24H41NO2. The van der Waals surface area contributed by atoms with Gasteiger partial charge < -0.3 is 4.74 Å². The van der Waals surface area contributed by atoms with Gasteiger partial charge in [-0.15, -0.1) is 0 Å². The molecule has 0 saturated carbocycles. The first-order chi connectivity index (χ1) is 13.3. The Labute approximate surface area is 167 Å². The molecule has 0 aliphatic heterocycles. The average Bonchev–Trinajstić information content (AvgIpc) is 2.70. The molecule has 0 N–H and O–H groups in total. The van der Waals surface area contributed by atoms with Crippen LogP contribution in [0.15, 0.2) is 24.5 Å². The monoisotopic (exact) mass is 375 g/mol. The molecule has 0 bridgehead atoms. The Bertz CT molecular complexity index is 447. The molecule has 1 aromatic rings. The van der Waals surface area contributed by atoms with Crippen molar-refractivity contribution in [1.82, 2.24) is 4.98 Å². The third-order valence-corrected chi connectivity index (χ3v) is 5.15. The van der Waals surface area contributed by atoms with E-state index in [1.165, 1.54) is 89.9 Å². The third-order valence-electron chi connectivity index (χ3n) is 5.15. The highest BCUT2D eigenvalue weighted by atomic mass is 16.5. The molecule has 0 aliphatic rings. The molecule has 0 aliphatic carbocycles. The van der Waals surface area contributed by atoms with E-state index in [0.29, 0.717) is 12.2 Å². The fourth-order valence-electron chi connectivity index (χ4n) is 3.39. The molecule has 0 spiro atoms. The zero-order valence-electron chi connectivity index (χ0n) is 17.6. The lowest BCUT2D eigenvalue weighted by Gasteiger charge is -2.05. The van der Waals surface area contributed by atoms with E-state index >= 15 is 0 Å². The molecule has 0 fully saturated rings. The summed E-state index contributed by atoms with van der Waals surface area (Å²) in [5.74, 6) is -0.238. The zero-order valence-corrected chi connectivity index (χ0v) is 17.6. The van der Waals surface area contributed by atoms with Gasteiger partial charge in [0.2, 0.25) is 0 Å². The van der Waals surface area contributed by atoms with Gasteiger partial charge in [-0.25, -0.2) is 4.79 Å². The summed E-state index contributed by atoms with van der Waals surface area (Å²) in [6.07, 6.45) is 24.9. The first-order valence-corrected chi connectivity index (χ1v) is 11.4. The Balaban J connectivity index is 1.75. The van der Waals surface area contributed by atoms with Gasteiger partial charge in [0.05, 0.1) is 12.2 Å². The van der Waals surface area contributed by atoms with Crippen LogP contribution in [0.25, 0.3) is 0 Å². The Kier molecular flexibility index (Phi) is 15.8. The van der Waals surface area contributed by atoms with Crippen molar-refractivity contribution in [2.75, 3.05) is 6.61 Å². The van der Waals surface area contributed by atoms with Crippen LogP contribution >= 0.6 is 0 Å². The summed E-state index contributed by atoms with van der Waals surface area (Å²) >= 11 is 0. The molecule has 0 atom stereocenters. The van der Waals surface area contributed by atoms with E-state index in [1.54, 1.807) is 24.5 Å². The molecule has 0 saturated heterocycles. The van der Waals surface area contributed by atoms with Crippen LogP contribution in [0.2, 0.25) is 0 Å². The van der Waals surface area contributed by atoms with Crippen LogP contribution in [0.4, 0.5) is 0 Å². The van der Waals surface area contributed by atoms with Gasteiger partial charge in [0.1, 0.15) is 0 Å². The average molecular weight is 376 g/mol. The van der Waals surface area contributed by atoms with Gasteiger partial charge in [-0.05, 0) is 18.6 Å². The van der Waals surface area contributed by atoms with Crippen molar-refractivity contribution in [3.63, 3.8) is 0 Å². The van der Waals surface area contributed by atoms with E-state index in [9.17, 15) is 4.79 Å². The molecule has 3 heteroatoms. The summed E-state index contributed by atoms with van der Waals surface area (Å²) in [6.45, 7) is 2.81. The van der Waals surface area contributed by atoms with Crippen LogP contribution in [0, 0.1) is 0 Å². The van der Waals surface area contributed by atoms with Gasteiger partial charge in [0, 0.05) is 12.4 Å². The molecule has 27 heavy (non-hydrogen) atoms. The number of aromatic nitrogens is 1. The normalized spacial score (nSPS) is 10.9. The van der Waals surface area contributed by atoms with E-state index in [4.69, 9.17) is 4.74 Å². The van der Waals surface area contributed by atoms with Crippen LogP contribution in [0.5, 0.6) is 0 Å². The number of rotatable bonds is 18. The number of nitrogens with zero attached hydrogens (tertiary/aromatic N) is 1. The zero-order chi connectivity index (χ0) is 19.4. The fraction of sp³-hybridized carbons (Fsp3) is 0.750. The van der Waals surface area contributed by atoms with Crippen LogP contribution < -0.4 is 0 Å². The fourth-order valence-corrected chi connectivity index (χ4v) is 3.39. The Morgan fingerprint density at radius 2 is 1.11 bits per heavy atom. The van der Waals surface area contributed by atoms with Gasteiger partial charge in [0.25, 0.3) is 0 Å². The van der Waals surface area contributed by atoms with Gasteiger partial charge >= 0.3 is 5.97 Å². The number of unbranched alkanes of at least 4 members (excludes halogenated alkanes) is 15. The number of carbonyl (C=O) groups is 1. The van der Waals surface area contributed by atoms with Crippen molar-refractivity contribution in [1.29, 1.82) is 0 Å². The molecular weight excluding hydrogens is 334 g/mol. The van der Waals surface area contributed by atoms with E-state index in [-0.39, 0.29) is 5.97 Å². The maximum absolute atomic E-state index is 11.8. The first kappa shape index (κ1) is 23.7. The maximum Gasteiger partial charge on any atom is 0.338 e. The van der Waals surface area contributed by atoms with Gasteiger partial charge in [-0.2, -0.15) is 0 Å². The van der Waals surface area contributed by atoms with Crippen molar-refractivity contribution in [3.8, 4) is 0 Å². The topological polar surface area (TPSA) is 39.2 Å². The highest BCUT2D eigenvalue weighted by Crippen LogP contribution is 2.13. The summed E-state index contributed by atoms with van der Waals surface area (Å²) in [6, 6.07) is 3.38. The van der Waals surface area contributed by atoms with Crippen molar-refractivity contribution in [2.45, 2.75) is 110 Å². The maximum atomic E-state index is 11.8. The highest BCUT2D eigenvalue weighted by Gasteiger charge is 2.05. The van der Waals surface area contributed by atoms with Gasteiger partial charge in [-0.1, -0.05) is 103 Å². The smallest absolute Gasteiger partial charge is 0.338 e. The van der Waals surface area contributed by atoms with E-state index < -0.39 is 0 Å². The molecule has 1 rings (SSSR count). The summed E-state index contributed by atoms with van der Waals surface area (Å²) in [5.41, 5.74) is 0.585. The van der Waals surface area contributed by atoms with Crippen molar-refractivity contribution < 1.29 is 9.53 Å². The summed E-state index contributed by atoms with van der Waals surface area (Å²) in [4.78, 5) is 15.7. The van der Waals surface area contributed by atoms with E-state index in [2.05, 4.69) is 11.9 Å². The second kappa shape index (κ2) is 18.0.